The zero-order chi connectivity index (χ0) is 20.4. The third-order valence-corrected chi connectivity index (χ3v) is 3.28. The number of anilines is 1. The third kappa shape index (κ3) is 7.94. The van der Waals surface area contributed by atoms with Gasteiger partial charge in [0, 0.05) is 11.3 Å². The van der Waals surface area contributed by atoms with Crippen molar-refractivity contribution in [3.63, 3.8) is 0 Å². The van der Waals surface area contributed by atoms with Gasteiger partial charge in [-0.2, -0.15) is 0 Å². The second-order valence-electron chi connectivity index (χ2n) is 6.73. The van der Waals surface area contributed by atoms with Gasteiger partial charge in [-0.05, 0) is 51.5 Å². The minimum Gasteiger partial charge on any atom is -0.489 e. The highest BCUT2D eigenvalue weighted by Crippen LogP contribution is 2.24. The number of carbonyl (C=O) groups excluding carboxylic acids is 1. The fourth-order valence-corrected chi connectivity index (χ4v) is 2.19. The van der Waals surface area contributed by atoms with E-state index in [1.165, 1.54) is 0 Å². The summed E-state index contributed by atoms with van der Waals surface area (Å²) in [5, 5.41) is 10.6. The number of ether oxygens (including phenoxy) is 2. The number of nitrogens with one attached hydrogen (secondary N) is 2. The molecule has 1 amide bonds. The molecule has 0 aliphatic heterocycles. The molecule has 0 aliphatic carbocycles. The maximum absolute atomic E-state index is 12.0. The minimum atomic E-state index is -0.581. The van der Waals surface area contributed by atoms with Gasteiger partial charge in [0.1, 0.15) is 18.0 Å². The lowest BCUT2D eigenvalue weighted by atomic mass is 10.1. The van der Waals surface area contributed by atoms with Crippen LogP contribution in [0.25, 0.3) is 0 Å². The summed E-state index contributed by atoms with van der Waals surface area (Å²) in [6.07, 6.45) is -0.548. The topological polar surface area (TPSA) is 71.4 Å². The van der Waals surface area contributed by atoms with E-state index in [1.54, 1.807) is 45.9 Å². The van der Waals surface area contributed by atoms with Crippen molar-refractivity contribution in [3.8, 4) is 5.75 Å². The van der Waals surface area contributed by atoms with Crippen LogP contribution in [0.2, 0.25) is 0 Å². The SMILES string of the molecule is CC.CC(=N)c1cc(OCc2ccccc2)ccc1NC(=O)OC(C)(C)C. The van der Waals surface area contributed by atoms with Gasteiger partial charge in [0.05, 0.1) is 5.69 Å². The fraction of sp³-hybridized carbons (Fsp3) is 0.364. The summed E-state index contributed by atoms with van der Waals surface area (Å²) in [5.41, 5.74) is 1.93. The highest BCUT2D eigenvalue weighted by atomic mass is 16.6. The summed E-state index contributed by atoms with van der Waals surface area (Å²) in [4.78, 5) is 12.0. The Hall–Kier alpha value is -2.82. The van der Waals surface area contributed by atoms with Crippen LogP contribution in [0.4, 0.5) is 10.5 Å². The van der Waals surface area contributed by atoms with E-state index in [2.05, 4.69) is 5.32 Å². The van der Waals surface area contributed by atoms with Gasteiger partial charge in [0.2, 0.25) is 0 Å². The number of hydrogen-bond acceptors (Lipinski definition) is 4. The standard InChI is InChI=1S/C20H24N2O3.C2H6/c1-14(21)17-12-16(24-13-15-8-6-5-7-9-15)10-11-18(17)22-19(23)25-20(2,3)4;1-2/h5-12,21H,13H2,1-4H3,(H,22,23);1-2H3. The van der Waals surface area contributed by atoms with Crippen LogP contribution in [-0.2, 0) is 11.3 Å². The zero-order valence-corrected chi connectivity index (χ0v) is 17.1. The maximum atomic E-state index is 12.0. The van der Waals surface area contributed by atoms with E-state index >= 15 is 0 Å². The van der Waals surface area contributed by atoms with Gasteiger partial charge >= 0.3 is 6.09 Å². The van der Waals surface area contributed by atoms with Gasteiger partial charge in [0.25, 0.3) is 0 Å². The molecule has 2 aromatic rings. The number of carbonyl (C=O) groups is 1. The lowest BCUT2D eigenvalue weighted by Crippen LogP contribution is -2.27. The molecule has 0 atom stereocenters. The molecule has 0 aliphatic rings. The quantitative estimate of drug-likeness (QED) is 0.632. The first-order valence-electron chi connectivity index (χ1n) is 9.11. The second kappa shape index (κ2) is 10.4. The average molecular weight is 370 g/mol. The monoisotopic (exact) mass is 370 g/mol. The largest absolute Gasteiger partial charge is 0.489 e. The van der Waals surface area contributed by atoms with Crippen LogP contribution in [0.15, 0.2) is 48.5 Å². The molecule has 2 rings (SSSR count). The molecule has 0 saturated heterocycles. The van der Waals surface area contributed by atoms with E-state index in [1.807, 2.05) is 44.2 Å². The van der Waals surface area contributed by atoms with Gasteiger partial charge in [-0.1, -0.05) is 44.2 Å². The van der Waals surface area contributed by atoms with Gasteiger partial charge in [-0.15, -0.1) is 0 Å². The van der Waals surface area contributed by atoms with Crippen molar-refractivity contribution in [1.29, 1.82) is 5.41 Å². The van der Waals surface area contributed by atoms with Crippen molar-refractivity contribution in [2.24, 2.45) is 0 Å². The van der Waals surface area contributed by atoms with Gasteiger partial charge in [-0.3, -0.25) is 5.32 Å². The Balaban J connectivity index is 0.00000176. The smallest absolute Gasteiger partial charge is 0.412 e. The van der Waals surface area contributed by atoms with E-state index in [0.29, 0.717) is 29.3 Å². The summed E-state index contributed by atoms with van der Waals surface area (Å²) < 4.78 is 11.0. The van der Waals surface area contributed by atoms with Gasteiger partial charge in [-0.25, -0.2) is 4.79 Å². The van der Waals surface area contributed by atoms with Crippen molar-refractivity contribution in [2.75, 3.05) is 5.32 Å². The lowest BCUT2D eigenvalue weighted by molar-refractivity contribution is 0.0636. The van der Waals surface area contributed by atoms with E-state index in [4.69, 9.17) is 14.9 Å². The van der Waals surface area contributed by atoms with E-state index in [-0.39, 0.29) is 0 Å². The molecule has 0 aromatic heterocycles. The Labute approximate surface area is 162 Å². The van der Waals surface area contributed by atoms with Crippen LogP contribution in [0.1, 0.15) is 52.7 Å². The maximum Gasteiger partial charge on any atom is 0.412 e. The van der Waals surface area contributed by atoms with Crippen molar-refractivity contribution in [2.45, 2.75) is 53.8 Å². The predicted octanol–water partition coefficient (Wildman–Crippen LogP) is 6.03. The van der Waals surface area contributed by atoms with Crippen LogP contribution >= 0.6 is 0 Å². The number of rotatable bonds is 5. The van der Waals surface area contributed by atoms with E-state index in [0.717, 1.165) is 5.56 Å². The first-order valence-corrected chi connectivity index (χ1v) is 9.11. The number of hydrogen-bond donors (Lipinski definition) is 2. The minimum absolute atomic E-state index is 0.330. The molecule has 0 heterocycles. The summed E-state index contributed by atoms with van der Waals surface area (Å²) in [5.74, 6) is 0.639. The molecule has 0 radical (unpaired) electrons. The Morgan fingerprint density at radius 1 is 1.07 bits per heavy atom. The van der Waals surface area contributed by atoms with Crippen LogP contribution < -0.4 is 10.1 Å². The third-order valence-electron chi connectivity index (χ3n) is 3.28. The fourth-order valence-electron chi connectivity index (χ4n) is 2.19. The Bertz CT molecular complexity index is 750. The van der Waals surface area contributed by atoms with Crippen LogP contribution in [0.3, 0.4) is 0 Å². The summed E-state index contributed by atoms with van der Waals surface area (Å²) in [6, 6.07) is 15.1. The van der Waals surface area contributed by atoms with Crippen LogP contribution in [0, 0.1) is 5.41 Å². The summed E-state index contributed by atoms with van der Waals surface area (Å²) in [7, 11) is 0. The molecule has 2 aromatic carbocycles. The van der Waals surface area contributed by atoms with Crippen molar-refractivity contribution in [1.82, 2.24) is 0 Å². The molecule has 5 nitrogen and oxygen atoms in total. The van der Waals surface area contributed by atoms with Gasteiger partial charge < -0.3 is 14.9 Å². The Morgan fingerprint density at radius 3 is 2.26 bits per heavy atom. The first-order chi connectivity index (χ1) is 12.7. The summed E-state index contributed by atoms with van der Waals surface area (Å²) >= 11 is 0. The molecule has 27 heavy (non-hydrogen) atoms. The molecule has 0 unspecified atom stereocenters. The molecule has 0 bridgehead atoms. The average Bonchev–Trinajstić information content (AvgIpc) is 2.61. The molecule has 5 heteroatoms. The zero-order valence-electron chi connectivity index (χ0n) is 17.1. The van der Waals surface area contributed by atoms with Crippen LogP contribution in [-0.4, -0.2) is 17.4 Å². The van der Waals surface area contributed by atoms with Crippen molar-refractivity contribution < 1.29 is 14.3 Å². The van der Waals surface area contributed by atoms with Crippen LogP contribution in [0.5, 0.6) is 5.75 Å². The van der Waals surface area contributed by atoms with Gasteiger partial charge in [0.15, 0.2) is 0 Å². The molecule has 2 N–H and O–H groups in total. The Kier molecular flexibility index (Phi) is 8.52. The molecule has 0 fully saturated rings. The van der Waals surface area contributed by atoms with Crippen molar-refractivity contribution >= 4 is 17.5 Å². The highest BCUT2D eigenvalue weighted by Gasteiger charge is 2.18. The first kappa shape index (κ1) is 22.2. The molecule has 0 saturated carbocycles. The van der Waals surface area contributed by atoms with E-state index < -0.39 is 11.7 Å². The highest BCUT2D eigenvalue weighted by molar-refractivity contribution is 6.04. The predicted molar refractivity (Wildman–Crippen MR) is 111 cm³/mol. The normalized spacial score (nSPS) is 10.3. The lowest BCUT2D eigenvalue weighted by Gasteiger charge is -2.20. The Morgan fingerprint density at radius 2 is 1.70 bits per heavy atom. The number of amides is 1. The molecular formula is C22H30N2O3. The van der Waals surface area contributed by atoms with Crippen molar-refractivity contribution in [3.05, 3.63) is 59.7 Å². The summed E-state index contributed by atoms with van der Waals surface area (Å²) in [6.45, 7) is 11.5. The van der Waals surface area contributed by atoms with E-state index in [9.17, 15) is 4.79 Å². The molecular weight excluding hydrogens is 340 g/mol. The molecule has 0 spiro atoms. The second-order valence-corrected chi connectivity index (χ2v) is 6.73. The molecule has 146 valence electrons. The number of benzene rings is 2.